The lowest BCUT2D eigenvalue weighted by Crippen LogP contribution is -2.53. The molecule has 1 aromatic carbocycles. The Labute approximate surface area is 188 Å². The van der Waals surface area contributed by atoms with Gasteiger partial charge in [-0.25, -0.2) is 9.18 Å². The van der Waals surface area contributed by atoms with Gasteiger partial charge >= 0.3 is 6.03 Å². The first-order valence-corrected chi connectivity index (χ1v) is 11.6. The fraction of sp³-hybridized carbons (Fsp3) is 0.609. The van der Waals surface area contributed by atoms with Gasteiger partial charge in [0.1, 0.15) is 5.82 Å². The molecule has 3 heterocycles. The summed E-state index contributed by atoms with van der Waals surface area (Å²) in [7, 11) is 0. The molecule has 3 aliphatic rings. The first-order chi connectivity index (χ1) is 15.4. The number of carbonyl (C=O) groups excluding carboxylic acids is 3. The summed E-state index contributed by atoms with van der Waals surface area (Å²) in [4.78, 5) is 44.6. The fourth-order valence-electron chi connectivity index (χ4n) is 4.76. The zero-order valence-electron chi connectivity index (χ0n) is 18.7. The highest BCUT2D eigenvalue weighted by atomic mass is 19.1. The van der Waals surface area contributed by atoms with Crippen molar-refractivity contribution < 1.29 is 18.8 Å². The first-order valence-electron chi connectivity index (χ1n) is 11.6. The minimum absolute atomic E-state index is 0.100. The molecule has 3 aliphatic heterocycles. The van der Waals surface area contributed by atoms with Crippen molar-refractivity contribution >= 4 is 29.2 Å². The first kappa shape index (κ1) is 22.5. The maximum atomic E-state index is 14.2. The molecule has 3 fully saturated rings. The SMILES string of the molecule is C[C@@H]1CCCCN1C(=O)CN1CCN(C(=O)Nc2ccc(F)c(N3CCCC3=O)c2)CC1. The van der Waals surface area contributed by atoms with Gasteiger partial charge in [0.05, 0.1) is 12.2 Å². The van der Waals surface area contributed by atoms with E-state index in [-0.39, 0.29) is 23.5 Å². The third-order valence-electron chi connectivity index (χ3n) is 6.70. The Balaban J connectivity index is 1.28. The molecule has 0 unspecified atom stereocenters. The Hall–Kier alpha value is -2.68. The standard InChI is InChI=1S/C23H32FN5O3/c1-17-5-2-3-9-28(17)22(31)16-26-11-13-27(14-12-26)23(32)25-18-7-8-19(24)20(15-18)29-10-4-6-21(29)30/h7-8,15,17H,2-6,9-14,16H2,1H3,(H,25,32)/t17-/m1/s1. The van der Waals surface area contributed by atoms with Crippen LogP contribution < -0.4 is 10.2 Å². The molecule has 0 bridgehead atoms. The van der Waals surface area contributed by atoms with E-state index in [1.165, 1.54) is 29.5 Å². The number of halogens is 1. The van der Waals surface area contributed by atoms with Gasteiger partial charge in [-0.3, -0.25) is 14.5 Å². The van der Waals surface area contributed by atoms with Crippen LogP contribution in [-0.2, 0) is 9.59 Å². The van der Waals surface area contributed by atoms with Crippen LogP contribution in [0.2, 0.25) is 0 Å². The molecular formula is C23H32FN5O3. The number of likely N-dealkylation sites (tertiary alicyclic amines) is 1. The number of piperidine rings is 1. The number of carbonyl (C=O) groups is 3. The summed E-state index contributed by atoms with van der Waals surface area (Å²) in [5.74, 6) is -0.401. The second-order valence-corrected chi connectivity index (χ2v) is 8.94. The second kappa shape index (κ2) is 9.85. The van der Waals surface area contributed by atoms with Gasteiger partial charge in [0, 0.05) is 57.4 Å². The van der Waals surface area contributed by atoms with E-state index in [0.29, 0.717) is 63.8 Å². The van der Waals surface area contributed by atoms with Crippen LogP contribution in [0.3, 0.4) is 0 Å². The zero-order valence-corrected chi connectivity index (χ0v) is 18.7. The Kier molecular flexibility index (Phi) is 6.93. The van der Waals surface area contributed by atoms with Gasteiger partial charge in [0.2, 0.25) is 11.8 Å². The summed E-state index contributed by atoms with van der Waals surface area (Å²) in [5.41, 5.74) is 0.670. The van der Waals surface area contributed by atoms with Crippen LogP contribution >= 0.6 is 0 Å². The van der Waals surface area contributed by atoms with Crippen molar-refractivity contribution in [3.8, 4) is 0 Å². The van der Waals surface area contributed by atoms with Gasteiger partial charge in [0.25, 0.3) is 0 Å². The molecule has 0 saturated carbocycles. The van der Waals surface area contributed by atoms with Crippen LogP contribution in [0.25, 0.3) is 0 Å². The molecule has 3 saturated heterocycles. The van der Waals surface area contributed by atoms with Crippen molar-refractivity contribution in [2.45, 2.75) is 45.1 Å². The van der Waals surface area contributed by atoms with Gasteiger partial charge in [0.15, 0.2) is 0 Å². The van der Waals surface area contributed by atoms with Crippen LogP contribution in [0.5, 0.6) is 0 Å². The molecule has 8 nitrogen and oxygen atoms in total. The summed E-state index contributed by atoms with van der Waals surface area (Å²) < 4.78 is 14.2. The van der Waals surface area contributed by atoms with E-state index in [1.807, 2.05) is 4.90 Å². The third kappa shape index (κ3) is 5.03. The number of piperazine rings is 1. The lowest BCUT2D eigenvalue weighted by atomic mass is 10.0. The van der Waals surface area contributed by atoms with Gasteiger partial charge in [-0.2, -0.15) is 0 Å². The van der Waals surface area contributed by atoms with Crippen LogP contribution in [0.4, 0.5) is 20.6 Å². The van der Waals surface area contributed by atoms with Gasteiger partial charge in [-0.05, 0) is 50.8 Å². The molecule has 0 aliphatic carbocycles. The summed E-state index contributed by atoms with van der Waals surface area (Å²) in [6, 6.07) is 4.35. The van der Waals surface area contributed by atoms with Crippen LogP contribution in [-0.4, -0.2) is 84.4 Å². The molecule has 0 aromatic heterocycles. The molecule has 9 heteroatoms. The number of urea groups is 1. The Morgan fingerprint density at radius 2 is 1.84 bits per heavy atom. The van der Waals surface area contributed by atoms with Gasteiger partial charge in [-0.1, -0.05) is 0 Å². The second-order valence-electron chi connectivity index (χ2n) is 8.94. The zero-order chi connectivity index (χ0) is 22.7. The van der Waals surface area contributed by atoms with E-state index >= 15 is 0 Å². The Bertz CT molecular complexity index is 871. The monoisotopic (exact) mass is 445 g/mol. The molecular weight excluding hydrogens is 413 g/mol. The minimum atomic E-state index is -0.473. The van der Waals surface area contributed by atoms with Gasteiger partial charge < -0.3 is 20.0 Å². The molecule has 0 radical (unpaired) electrons. The van der Waals surface area contributed by atoms with E-state index in [9.17, 15) is 18.8 Å². The molecule has 174 valence electrons. The quantitative estimate of drug-likeness (QED) is 0.773. The number of anilines is 2. The van der Waals surface area contributed by atoms with Crippen molar-refractivity contribution in [3.63, 3.8) is 0 Å². The van der Waals surface area contributed by atoms with Crippen molar-refractivity contribution in [1.29, 1.82) is 0 Å². The van der Waals surface area contributed by atoms with Crippen molar-refractivity contribution in [3.05, 3.63) is 24.0 Å². The van der Waals surface area contributed by atoms with Crippen molar-refractivity contribution in [2.24, 2.45) is 0 Å². The van der Waals surface area contributed by atoms with Crippen LogP contribution in [0.1, 0.15) is 39.0 Å². The normalized spacial score (nSPS) is 22.4. The van der Waals surface area contributed by atoms with E-state index in [0.717, 1.165) is 19.4 Å². The average Bonchev–Trinajstić information content (AvgIpc) is 3.21. The van der Waals surface area contributed by atoms with Crippen LogP contribution in [0.15, 0.2) is 18.2 Å². The number of amides is 4. The largest absolute Gasteiger partial charge is 0.339 e. The lowest BCUT2D eigenvalue weighted by molar-refractivity contribution is -0.136. The van der Waals surface area contributed by atoms with Gasteiger partial charge in [-0.15, -0.1) is 0 Å². The molecule has 1 aromatic rings. The summed E-state index contributed by atoms with van der Waals surface area (Å²) in [6.07, 6.45) is 4.44. The number of hydrogen-bond donors (Lipinski definition) is 1. The molecule has 4 rings (SSSR count). The number of nitrogens with zero attached hydrogens (tertiary/aromatic N) is 4. The number of rotatable bonds is 4. The molecule has 1 atom stereocenters. The average molecular weight is 446 g/mol. The summed E-state index contributed by atoms with van der Waals surface area (Å²) in [5, 5.41) is 2.82. The third-order valence-corrected chi connectivity index (χ3v) is 6.70. The highest BCUT2D eigenvalue weighted by molar-refractivity contribution is 5.97. The van der Waals surface area contributed by atoms with Crippen molar-refractivity contribution in [2.75, 3.05) is 56.0 Å². The van der Waals surface area contributed by atoms with Crippen molar-refractivity contribution in [1.82, 2.24) is 14.7 Å². The summed E-state index contributed by atoms with van der Waals surface area (Å²) in [6.45, 7) is 6.15. The smallest absolute Gasteiger partial charge is 0.321 e. The predicted octanol–water partition coefficient (Wildman–Crippen LogP) is 2.50. The van der Waals surface area contributed by atoms with E-state index in [2.05, 4.69) is 17.1 Å². The summed E-state index contributed by atoms with van der Waals surface area (Å²) >= 11 is 0. The number of benzene rings is 1. The Morgan fingerprint density at radius 3 is 2.53 bits per heavy atom. The molecule has 1 N–H and O–H groups in total. The molecule has 0 spiro atoms. The number of hydrogen-bond acceptors (Lipinski definition) is 4. The minimum Gasteiger partial charge on any atom is -0.339 e. The number of nitrogens with one attached hydrogen (secondary N) is 1. The lowest BCUT2D eigenvalue weighted by Gasteiger charge is -2.38. The predicted molar refractivity (Wildman–Crippen MR) is 120 cm³/mol. The van der Waals surface area contributed by atoms with E-state index in [1.54, 1.807) is 4.90 Å². The highest BCUT2D eigenvalue weighted by Crippen LogP contribution is 2.27. The molecule has 32 heavy (non-hydrogen) atoms. The topological polar surface area (TPSA) is 76.2 Å². The van der Waals surface area contributed by atoms with E-state index in [4.69, 9.17) is 0 Å². The highest BCUT2D eigenvalue weighted by Gasteiger charge is 2.28. The van der Waals surface area contributed by atoms with E-state index < -0.39 is 5.82 Å². The fourth-order valence-corrected chi connectivity index (χ4v) is 4.76. The maximum absolute atomic E-state index is 14.2. The Morgan fingerprint density at radius 1 is 1.06 bits per heavy atom. The van der Waals surface area contributed by atoms with Crippen LogP contribution in [0, 0.1) is 5.82 Å². The maximum Gasteiger partial charge on any atom is 0.321 e. The molecule has 4 amide bonds.